The SMILES string of the molecule is CC1CNCCC1n1cccn1. The lowest BCUT2D eigenvalue weighted by molar-refractivity contribution is 0.255. The number of hydrogen-bond donors (Lipinski definition) is 1. The van der Waals surface area contributed by atoms with Crippen molar-refractivity contribution in [3.05, 3.63) is 18.5 Å². The van der Waals surface area contributed by atoms with Gasteiger partial charge in [-0.25, -0.2) is 0 Å². The summed E-state index contributed by atoms with van der Waals surface area (Å²) >= 11 is 0. The fourth-order valence-electron chi connectivity index (χ4n) is 1.87. The average molecular weight is 165 g/mol. The first-order valence-electron chi connectivity index (χ1n) is 4.58. The molecule has 0 spiro atoms. The second-order valence-electron chi connectivity index (χ2n) is 3.52. The molecule has 12 heavy (non-hydrogen) atoms. The zero-order valence-electron chi connectivity index (χ0n) is 7.40. The highest BCUT2D eigenvalue weighted by Crippen LogP contribution is 2.22. The largest absolute Gasteiger partial charge is 0.316 e. The lowest BCUT2D eigenvalue weighted by atomic mass is 9.96. The van der Waals surface area contributed by atoms with Crippen molar-refractivity contribution in [2.75, 3.05) is 13.1 Å². The molecule has 1 aliphatic heterocycles. The second kappa shape index (κ2) is 3.27. The zero-order valence-corrected chi connectivity index (χ0v) is 7.40. The maximum absolute atomic E-state index is 4.28. The van der Waals surface area contributed by atoms with Crippen LogP contribution in [0.1, 0.15) is 19.4 Å². The topological polar surface area (TPSA) is 29.9 Å². The van der Waals surface area contributed by atoms with Crippen LogP contribution in [0, 0.1) is 5.92 Å². The zero-order chi connectivity index (χ0) is 8.39. The summed E-state index contributed by atoms with van der Waals surface area (Å²) in [6.45, 7) is 4.51. The van der Waals surface area contributed by atoms with Crippen LogP contribution in [0.5, 0.6) is 0 Å². The first-order valence-corrected chi connectivity index (χ1v) is 4.58. The van der Waals surface area contributed by atoms with Crippen LogP contribution in [0.3, 0.4) is 0 Å². The van der Waals surface area contributed by atoms with E-state index in [1.807, 2.05) is 12.3 Å². The minimum atomic E-state index is 0.598. The molecule has 0 bridgehead atoms. The maximum atomic E-state index is 4.28. The first-order chi connectivity index (χ1) is 5.88. The number of nitrogens with one attached hydrogen (secondary N) is 1. The standard InChI is InChI=1S/C9H15N3/c1-8-7-10-5-3-9(8)12-6-2-4-11-12/h2,4,6,8-10H,3,5,7H2,1H3. The Morgan fingerprint density at radius 3 is 3.17 bits per heavy atom. The quantitative estimate of drug-likeness (QED) is 0.674. The summed E-state index contributed by atoms with van der Waals surface area (Å²) in [4.78, 5) is 0. The van der Waals surface area contributed by atoms with Gasteiger partial charge in [0.25, 0.3) is 0 Å². The average Bonchev–Trinajstić information content (AvgIpc) is 2.57. The van der Waals surface area contributed by atoms with Gasteiger partial charge in [-0.05, 0) is 31.5 Å². The summed E-state index contributed by atoms with van der Waals surface area (Å²) in [6.07, 6.45) is 5.12. The third-order valence-electron chi connectivity index (χ3n) is 2.60. The van der Waals surface area contributed by atoms with Crippen molar-refractivity contribution >= 4 is 0 Å². The fraction of sp³-hybridized carbons (Fsp3) is 0.667. The van der Waals surface area contributed by atoms with Crippen LogP contribution in [-0.2, 0) is 0 Å². The van der Waals surface area contributed by atoms with E-state index >= 15 is 0 Å². The molecule has 1 aromatic heterocycles. The normalized spacial score (nSPS) is 30.4. The van der Waals surface area contributed by atoms with Crippen molar-refractivity contribution in [1.82, 2.24) is 15.1 Å². The number of nitrogens with zero attached hydrogens (tertiary/aromatic N) is 2. The van der Waals surface area contributed by atoms with Gasteiger partial charge in [0.1, 0.15) is 0 Å². The second-order valence-corrected chi connectivity index (χ2v) is 3.52. The number of hydrogen-bond acceptors (Lipinski definition) is 2. The Hall–Kier alpha value is -0.830. The summed E-state index contributed by atoms with van der Waals surface area (Å²) in [5.74, 6) is 0.693. The van der Waals surface area contributed by atoms with Gasteiger partial charge in [-0.15, -0.1) is 0 Å². The van der Waals surface area contributed by atoms with E-state index in [1.165, 1.54) is 6.42 Å². The molecule has 0 radical (unpaired) electrons. The minimum Gasteiger partial charge on any atom is -0.316 e. The molecule has 1 saturated heterocycles. The Morgan fingerprint density at radius 1 is 1.58 bits per heavy atom. The van der Waals surface area contributed by atoms with E-state index in [2.05, 4.69) is 28.2 Å². The molecular weight excluding hydrogens is 150 g/mol. The van der Waals surface area contributed by atoms with Crippen molar-refractivity contribution in [3.8, 4) is 0 Å². The smallest absolute Gasteiger partial charge is 0.0568 e. The molecule has 0 aromatic carbocycles. The molecule has 1 fully saturated rings. The molecule has 0 amide bonds. The van der Waals surface area contributed by atoms with Gasteiger partial charge in [0.15, 0.2) is 0 Å². The van der Waals surface area contributed by atoms with E-state index < -0.39 is 0 Å². The van der Waals surface area contributed by atoms with Crippen molar-refractivity contribution in [3.63, 3.8) is 0 Å². The highest BCUT2D eigenvalue weighted by Gasteiger charge is 2.22. The van der Waals surface area contributed by atoms with Crippen molar-refractivity contribution in [2.45, 2.75) is 19.4 Å². The molecule has 66 valence electrons. The van der Waals surface area contributed by atoms with Crippen molar-refractivity contribution in [2.24, 2.45) is 5.92 Å². The number of rotatable bonds is 1. The monoisotopic (exact) mass is 165 g/mol. The summed E-state index contributed by atoms with van der Waals surface area (Å²) in [7, 11) is 0. The highest BCUT2D eigenvalue weighted by atomic mass is 15.3. The number of piperidine rings is 1. The van der Waals surface area contributed by atoms with E-state index in [0.717, 1.165) is 13.1 Å². The molecule has 3 heteroatoms. The predicted molar refractivity (Wildman–Crippen MR) is 47.9 cm³/mol. The molecule has 0 aliphatic carbocycles. The van der Waals surface area contributed by atoms with Crippen LogP contribution in [0.4, 0.5) is 0 Å². The summed E-state index contributed by atoms with van der Waals surface area (Å²) in [6, 6.07) is 2.59. The molecule has 2 atom stereocenters. The van der Waals surface area contributed by atoms with E-state index in [1.54, 1.807) is 0 Å². The third kappa shape index (κ3) is 1.37. The van der Waals surface area contributed by atoms with Crippen LogP contribution in [-0.4, -0.2) is 22.9 Å². The summed E-state index contributed by atoms with van der Waals surface area (Å²) in [5.41, 5.74) is 0. The lowest BCUT2D eigenvalue weighted by Gasteiger charge is -2.29. The Labute approximate surface area is 72.8 Å². The molecular formula is C9H15N3. The van der Waals surface area contributed by atoms with Crippen LogP contribution in [0.15, 0.2) is 18.5 Å². The molecule has 1 N–H and O–H groups in total. The fourth-order valence-corrected chi connectivity index (χ4v) is 1.87. The molecule has 3 nitrogen and oxygen atoms in total. The van der Waals surface area contributed by atoms with Gasteiger partial charge in [-0.2, -0.15) is 5.10 Å². The molecule has 2 rings (SSSR count). The molecule has 2 unspecified atom stereocenters. The Morgan fingerprint density at radius 2 is 2.50 bits per heavy atom. The van der Waals surface area contributed by atoms with Gasteiger partial charge in [0, 0.05) is 12.4 Å². The number of aromatic nitrogens is 2. The molecule has 1 aliphatic rings. The van der Waals surface area contributed by atoms with E-state index in [9.17, 15) is 0 Å². The first kappa shape index (κ1) is 7.80. The van der Waals surface area contributed by atoms with Gasteiger partial charge >= 0.3 is 0 Å². The lowest BCUT2D eigenvalue weighted by Crippen LogP contribution is -2.36. The van der Waals surface area contributed by atoms with Crippen molar-refractivity contribution in [1.29, 1.82) is 0 Å². The van der Waals surface area contributed by atoms with E-state index in [-0.39, 0.29) is 0 Å². The molecule has 2 heterocycles. The van der Waals surface area contributed by atoms with E-state index in [4.69, 9.17) is 0 Å². The Balaban J connectivity index is 2.11. The van der Waals surface area contributed by atoms with Gasteiger partial charge in [-0.1, -0.05) is 6.92 Å². The van der Waals surface area contributed by atoms with Crippen LogP contribution < -0.4 is 5.32 Å². The summed E-state index contributed by atoms with van der Waals surface area (Å²) < 4.78 is 2.09. The van der Waals surface area contributed by atoms with Gasteiger partial charge in [0.05, 0.1) is 6.04 Å². The predicted octanol–water partition coefficient (Wildman–Crippen LogP) is 1.05. The van der Waals surface area contributed by atoms with Gasteiger partial charge in [-0.3, -0.25) is 4.68 Å². The molecule has 0 saturated carbocycles. The summed E-state index contributed by atoms with van der Waals surface area (Å²) in [5, 5.41) is 7.66. The van der Waals surface area contributed by atoms with E-state index in [0.29, 0.717) is 12.0 Å². The Bertz CT molecular complexity index is 230. The van der Waals surface area contributed by atoms with Crippen molar-refractivity contribution < 1.29 is 0 Å². The van der Waals surface area contributed by atoms with Crippen LogP contribution in [0.2, 0.25) is 0 Å². The highest BCUT2D eigenvalue weighted by molar-refractivity contribution is 4.86. The maximum Gasteiger partial charge on any atom is 0.0568 e. The van der Waals surface area contributed by atoms with Gasteiger partial charge in [0.2, 0.25) is 0 Å². The Kier molecular flexibility index (Phi) is 2.13. The van der Waals surface area contributed by atoms with Gasteiger partial charge < -0.3 is 5.32 Å². The van der Waals surface area contributed by atoms with Crippen LogP contribution in [0.25, 0.3) is 0 Å². The van der Waals surface area contributed by atoms with Crippen LogP contribution >= 0.6 is 0 Å². The molecule has 1 aromatic rings. The minimum absolute atomic E-state index is 0.598. The third-order valence-corrected chi connectivity index (χ3v) is 2.60.